The minimum absolute atomic E-state index is 0.118. The summed E-state index contributed by atoms with van der Waals surface area (Å²) in [5, 5.41) is 3.43. The van der Waals surface area contributed by atoms with E-state index in [1.54, 1.807) is 6.07 Å². The third kappa shape index (κ3) is 6.69. The molecule has 108 valence electrons. The monoisotopic (exact) mass is 267 g/mol. The van der Waals surface area contributed by atoms with Gasteiger partial charge in [0.15, 0.2) is 0 Å². The fraction of sp³-hybridized carbons (Fsp3) is 0.625. The van der Waals surface area contributed by atoms with E-state index < -0.39 is 0 Å². The molecule has 0 aliphatic heterocycles. The van der Waals surface area contributed by atoms with Crippen LogP contribution in [0.3, 0.4) is 0 Å². The highest BCUT2D eigenvalue weighted by Gasteiger charge is 2.12. The second-order valence-electron chi connectivity index (χ2n) is 5.37. The van der Waals surface area contributed by atoms with Crippen LogP contribution < -0.4 is 5.32 Å². The van der Waals surface area contributed by atoms with Crippen LogP contribution >= 0.6 is 0 Å². The third-order valence-electron chi connectivity index (χ3n) is 3.01. The van der Waals surface area contributed by atoms with Crippen molar-refractivity contribution in [3.05, 3.63) is 35.6 Å². The van der Waals surface area contributed by atoms with Crippen molar-refractivity contribution in [3.8, 4) is 0 Å². The summed E-state index contributed by atoms with van der Waals surface area (Å²) in [5.41, 5.74) is 0.776. The summed E-state index contributed by atoms with van der Waals surface area (Å²) in [4.78, 5) is 0. The molecule has 0 aromatic heterocycles. The lowest BCUT2D eigenvalue weighted by Gasteiger charge is -2.18. The average Bonchev–Trinajstić information content (AvgIpc) is 2.37. The molecule has 0 heterocycles. The van der Waals surface area contributed by atoms with Gasteiger partial charge >= 0.3 is 0 Å². The van der Waals surface area contributed by atoms with E-state index in [1.807, 2.05) is 19.1 Å². The van der Waals surface area contributed by atoms with Gasteiger partial charge in [-0.1, -0.05) is 32.0 Å². The maximum atomic E-state index is 13.7. The quantitative estimate of drug-likeness (QED) is 0.741. The Kier molecular flexibility index (Phi) is 7.68. The lowest BCUT2D eigenvalue weighted by atomic mass is 9.99. The van der Waals surface area contributed by atoms with Gasteiger partial charge in [-0.05, 0) is 43.4 Å². The van der Waals surface area contributed by atoms with E-state index in [9.17, 15) is 4.39 Å². The largest absolute Gasteiger partial charge is 0.381 e. The van der Waals surface area contributed by atoms with Crippen molar-refractivity contribution in [2.24, 2.45) is 11.8 Å². The number of benzene rings is 1. The van der Waals surface area contributed by atoms with Gasteiger partial charge in [0.05, 0.1) is 6.61 Å². The second kappa shape index (κ2) is 9.05. The van der Waals surface area contributed by atoms with Crippen molar-refractivity contribution in [1.29, 1.82) is 0 Å². The highest BCUT2D eigenvalue weighted by Crippen LogP contribution is 2.13. The van der Waals surface area contributed by atoms with Crippen LogP contribution in [0.2, 0.25) is 0 Å². The maximum absolute atomic E-state index is 13.7. The molecule has 1 aromatic carbocycles. The molecule has 0 saturated heterocycles. The fourth-order valence-corrected chi connectivity index (χ4v) is 2.03. The Morgan fingerprint density at radius 1 is 1.21 bits per heavy atom. The van der Waals surface area contributed by atoms with Crippen LogP contribution in [0.25, 0.3) is 0 Å². The molecule has 1 rings (SSSR count). The standard InChI is InChI=1S/C16H26FNO/c1-4-19-12-14(11-18-10-13(2)3)9-15-7-5-6-8-16(15)17/h5-8,13-14,18H,4,9-12H2,1-3H3. The first-order chi connectivity index (χ1) is 9.13. The van der Waals surface area contributed by atoms with Crippen molar-refractivity contribution in [2.45, 2.75) is 27.2 Å². The van der Waals surface area contributed by atoms with E-state index in [0.717, 1.165) is 25.1 Å². The number of halogens is 1. The van der Waals surface area contributed by atoms with Gasteiger partial charge in [0, 0.05) is 13.2 Å². The molecule has 1 unspecified atom stereocenters. The average molecular weight is 267 g/mol. The molecule has 0 radical (unpaired) electrons. The summed E-state index contributed by atoms with van der Waals surface area (Å²) in [6.45, 7) is 9.59. The summed E-state index contributed by atoms with van der Waals surface area (Å²) in [5.74, 6) is 0.824. The molecule has 0 aliphatic carbocycles. The Hall–Kier alpha value is -0.930. The zero-order chi connectivity index (χ0) is 14.1. The van der Waals surface area contributed by atoms with Crippen LogP contribution in [0.4, 0.5) is 4.39 Å². The maximum Gasteiger partial charge on any atom is 0.126 e. The van der Waals surface area contributed by atoms with E-state index in [0.29, 0.717) is 25.0 Å². The number of ether oxygens (including phenoxy) is 1. The molecule has 0 bridgehead atoms. The summed E-state index contributed by atoms with van der Waals surface area (Å²) in [7, 11) is 0. The summed E-state index contributed by atoms with van der Waals surface area (Å²) >= 11 is 0. The Morgan fingerprint density at radius 2 is 1.95 bits per heavy atom. The van der Waals surface area contributed by atoms with Crippen molar-refractivity contribution in [2.75, 3.05) is 26.3 Å². The second-order valence-corrected chi connectivity index (χ2v) is 5.37. The van der Waals surface area contributed by atoms with Gasteiger partial charge in [-0.3, -0.25) is 0 Å². The van der Waals surface area contributed by atoms with Crippen LogP contribution in [-0.4, -0.2) is 26.3 Å². The van der Waals surface area contributed by atoms with Crippen LogP contribution in [0, 0.1) is 17.7 Å². The number of hydrogen-bond donors (Lipinski definition) is 1. The lowest BCUT2D eigenvalue weighted by Crippen LogP contribution is -2.30. The highest BCUT2D eigenvalue weighted by molar-refractivity contribution is 5.17. The zero-order valence-corrected chi connectivity index (χ0v) is 12.3. The van der Waals surface area contributed by atoms with Crippen molar-refractivity contribution < 1.29 is 9.13 Å². The Balaban J connectivity index is 2.51. The summed E-state index contributed by atoms with van der Waals surface area (Å²) < 4.78 is 19.2. The normalized spacial score (nSPS) is 12.9. The first-order valence-corrected chi connectivity index (χ1v) is 7.15. The first-order valence-electron chi connectivity index (χ1n) is 7.15. The smallest absolute Gasteiger partial charge is 0.126 e. The molecule has 0 saturated carbocycles. The molecule has 3 heteroatoms. The van der Waals surface area contributed by atoms with E-state index in [2.05, 4.69) is 19.2 Å². The summed E-state index contributed by atoms with van der Waals surface area (Å²) in [6.07, 6.45) is 0.720. The van der Waals surface area contributed by atoms with Gasteiger partial charge in [-0.2, -0.15) is 0 Å². The van der Waals surface area contributed by atoms with E-state index in [-0.39, 0.29) is 5.82 Å². The van der Waals surface area contributed by atoms with Gasteiger partial charge in [-0.25, -0.2) is 4.39 Å². The minimum Gasteiger partial charge on any atom is -0.381 e. The molecular weight excluding hydrogens is 241 g/mol. The molecule has 0 aliphatic rings. The molecule has 2 nitrogen and oxygen atoms in total. The van der Waals surface area contributed by atoms with Crippen molar-refractivity contribution in [3.63, 3.8) is 0 Å². The predicted octanol–water partition coefficient (Wildman–Crippen LogP) is 3.27. The fourth-order valence-electron chi connectivity index (χ4n) is 2.03. The first kappa shape index (κ1) is 16.1. The molecule has 0 fully saturated rings. The topological polar surface area (TPSA) is 21.3 Å². The minimum atomic E-state index is -0.118. The van der Waals surface area contributed by atoms with Gasteiger partial charge in [0.2, 0.25) is 0 Å². The molecule has 0 spiro atoms. The molecule has 1 N–H and O–H groups in total. The van der Waals surface area contributed by atoms with Gasteiger partial charge < -0.3 is 10.1 Å². The number of hydrogen-bond acceptors (Lipinski definition) is 2. The van der Waals surface area contributed by atoms with Gasteiger partial charge in [-0.15, -0.1) is 0 Å². The van der Waals surface area contributed by atoms with Gasteiger partial charge in [0.25, 0.3) is 0 Å². The van der Waals surface area contributed by atoms with Crippen LogP contribution in [0.15, 0.2) is 24.3 Å². The van der Waals surface area contributed by atoms with Crippen LogP contribution in [-0.2, 0) is 11.2 Å². The van der Waals surface area contributed by atoms with E-state index >= 15 is 0 Å². The molecule has 1 aromatic rings. The molecular formula is C16H26FNO. The van der Waals surface area contributed by atoms with Crippen LogP contribution in [0.5, 0.6) is 0 Å². The Bertz CT molecular complexity index is 354. The lowest BCUT2D eigenvalue weighted by molar-refractivity contribution is 0.109. The molecule has 0 amide bonds. The number of nitrogens with one attached hydrogen (secondary N) is 1. The summed E-state index contributed by atoms with van der Waals surface area (Å²) in [6, 6.07) is 7.00. The zero-order valence-electron chi connectivity index (χ0n) is 12.3. The Labute approximate surface area is 116 Å². The van der Waals surface area contributed by atoms with Gasteiger partial charge in [0.1, 0.15) is 5.82 Å². The van der Waals surface area contributed by atoms with Crippen molar-refractivity contribution >= 4 is 0 Å². The van der Waals surface area contributed by atoms with E-state index in [4.69, 9.17) is 4.74 Å². The number of rotatable bonds is 9. The molecule has 1 atom stereocenters. The van der Waals surface area contributed by atoms with Crippen LogP contribution in [0.1, 0.15) is 26.3 Å². The SMILES string of the molecule is CCOCC(CNCC(C)C)Cc1ccccc1F. The van der Waals surface area contributed by atoms with E-state index in [1.165, 1.54) is 6.07 Å². The highest BCUT2D eigenvalue weighted by atomic mass is 19.1. The predicted molar refractivity (Wildman–Crippen MR) is 77.8 cm³/mol. The van der Waals surface area contributed by atoms with Crippen molar-refractivity contribution in [1.82, 2.24) is 5.32 Å². The molecule has 19 heavy (non-hydrogen) atoms. The Morgan fingerprint density at radius 3 is 2.58 bits per heavy atom. The third-order valence-corrected chi connectivity index (χ3v) is 3.01.